The van der Waals surface area contributed by atoms with Gasteiger partial charge in [0.15, 0.2) is 0 Å². The minimum Gasteiger partial charge on any atom is -0.357 e. The molecule has 184 valence electrons. The van der Waals surface area contributed by atoms with Crippen LogP contribution in [0.5, 0.6) is 0 Å². The van der Waals surface area contributed by atoms with Crippen molar-refractivity contribution in [2.75, 3.05) is 18.0 Å². The van der Waals surface area contributed by atoms with Gasteiger partial charge in [0.05, 0.1) is 9.88 Å². The number of nitrogens with zero attached hydrogens (tertiary/aromatic N) is 3. The predicted molar refractivity (Wildman–Crippen MR) is 154 cm³/mol. The van der Waals surface area contributed by atoms with E-state index in [0.29, 0.717) is 0 Å². The summed E-state index contributed by atoms with van der Waals surface area (Å²) in [5.41, 5.74) is 6.14. The van der Waals surface area contributed by atoms with E-state index in [0.717, 1.165) is 53.2 Å². The molecule has 0 bridgehead atoms. The average Bonchev–Trinajstić information content (AvgIpc) is 3.19. The molecule has 1 aliphatic rings. The van der Waals surface area contributed by atoms with Crippen molar-refractivity contribution in [3.8, 4) is 10.6 Å². The molecule has 2 aromatic heterocycles. The summed E-state index contributed by atoms with van der Waals surface area (Å²) in [6.07, 6.45) is 16.1. The zero-order valence-electron chi connectivity index (χ0n) is 22.2. The average molecular weight is 478 g/mol. The molecule has 3 rings (SSSR count). The van der Waals surface area contributed by atoms with E-state index in [9.17, 15) is 0 Å². The van der Waals surface area contributed by atoms with Crippen LogP contribution in [-0.4, -0.2) is 23.1 Å². The molecule has 0 aromatic carbocycles. The Hall–Kier alpha value is -2.68. The highest BCUT2D eigenvalue weighted by Crippen LogP contribution is 2.21. The molecule has 0 fully saturated rings. The van der Waals surface area contributed by atoms with Crippen LogP contribution in [-0.2, 0) is 0 Å². The predicted octanol–water partition coefficient (Wildman–Crippen LogP) is 7.45. The molecule has 34 heavy (non-hydrogen) atoms. The van der Waals surface area contributed by atoms with Crippen molar-refractivity contribution in [2.45, 2.75) is 73.6 Å². The first-order valence-corrected chi connectivity index (χ1v) is 13.3. The molecular formula is C30H43N3S. The van der Waals surface area contributed by atoms with Crippen LogP contribution in [0.1, 0.15) is 73.6 Å². The first-order chi connectivity index (χ1) is 16.4. The molecule has 0 saturated carbocycles. The van der Waals surface area contributed by atoms with E-state index in [4.69, 9.17) is 9.97 Å². The molecule has 0 aliphatic heterocycles. The number of thiazole rings is 1. The Morgan fingerprint density at radius 2 is 1.88 bits per heavy atom. The number of rotatable bonds is 8. The monoisotopic (exact) mass is 477 g/mol. The Morgan fingerprint density at radius 1 is 1.15 bits per heavy atom. The van der Waals surface area contributed by atoms with E-state index in [1.807, 2.05) is 13.1 Å². The van der Waals surface area contributed by atoms with Crippen molar-refractivity contribution >= 4 is 29.3 Å². The summed E-state index contributed by atoms with van der Waals surface area (Å²) >= 11 is 1.76. The van der Waals surface area contributed by atoms with Gasteiger partial charge in [-0.15, -0.1) is 17.1 Å². The summed E-state index contributed by atoms with van der Waals surface area (Å²) < 4.78 is 1.27. The van der Waals surface area contributed by atoms with Gasteiger partial charge >= 0.3 is 0 Å². The molecule has 4 heteroatoms. The third kappa shape index (κ3) is 10.1. The molecule has 0 N–H and O–H groups in total. The molecule has 0 amide bonds. The third-order valence-electron chi connectivity index (χ3n) is 5.00. The SMILES string of the molecule is C=C=C(C)C=C.CCC.CCCCN(CCC)c1ccc(-c2nc3c(s2)=CCC(C)=CC=3)cn1. The summed E-state index contributed by atoms with van der Waals surface area (Å²) in [5.74, 6) is 1.08. The van der Waals surface area contributed by atoms with Crippen LogP contribution in [0.25, 0.3) is 22.7 Å². The summed E-state index contributed by atoms with van der Waals surface area (Å²) in [6, 6.07) is 4.31. The molecule has 3 nitrogen and oxygen atoms in total. The summed E-state index contributed by atoms with van der Waals surface area (Å²) in [4.78, 5) is 11.9. The number of hydrogen-bond donors (Lipinski definition) is 0. The first kappa shape index (κ1) is 29.4. The van der Waals surface area contributed by atoms with Crippen molar-refractivity contribution in [3.63, 3.8) is 0 Å². The number of unbranched alkanes of at least 4 members (excludes halogenated alkanes) is 1. The van der Waals surface area contributed by atoms with E-state index in [1.165, 1.54) is 29.4 Å². The third-order valence-corrected chi connectivity index (χ3v) is 6.11. The molecule has 0 unspecified atom stereocenters. The van der Waals surface area contributed by atoms with Crippen molar-refractivity contribution in [1.29, 1.82) is 0 Å². The molecule has 0 saturated heterocycles. The van der Waals surface area contributed by atoms with Gasteiger partial charge in [0.1, 0.15) is 10.8 Å². The maximum atomic E-state index is 4.81. The van der Waals surface area contributed by atoms with Gasteiger partial charge in [0, 0.05) is 24.8 Å². The Balaban J connectivity index is 0.000000551. The minimum absolute atomic E-state index is 0.995. The van der Waals surface area contributed by atoms with Crippen molar-refractivity contribution in [1.82, 2.24) is 9.97 Å². The maximum Gasteiger partial charge on any atom is 0.128 e. The Kier molecular flexibility index (Phi) is 14.6. The lowest BCUT2D eigenvalue weighted by atomic mass is 10.2. The van der Waals surface area contributed by atoms with Gasteiger partial charge in [-0.3, -0.25) is 0 Å². The van der Waals surface area contributed by atoms with Gasteiger partial charge in [-0.2, -0.15) is 0 Å². The Bertz CT molecular complexity index is 1070. The number of fused-ring (bicyclic) bond motifs is 1. The van der Waals surface area contributed by atoms with Crippen LogP contribution in [0.2, 0.25) is 0 Å². The lowest BCUT2D eigenvalue weighted by molar-refractivity contribution is 0.696. The first-order valence-electron chi connectivity index (χ1n) is 12.5. The summed E-state index contributed by atoms with van der Waals surface area (Å²) in [7, 11) is 0. The van der Waals surface area contributed by atoms with E-state index < -0.39 is 0 Å². The smallest absolute Gasteiger partial charge is 0.128 e. The van der Waals surface area contributed by atoms with Gasteiger partial charge in [-0.1, -0.05) is 77.5 Å². The highest BCUT2D eigenvalue weighted by atomic mass is 32.1. The highest BCUT2D eigenvalue weighted by Gasteiger charge is 2.09. The molecule has 2 aromatic rings. The van der Waals surface area contributed by atoms with Gasteiger partial charge < -0.3 is 4.90 Å². The fourth-order valence-corrected chi connectivity index (χ4v) is 3.98. The second-order valence-corrected chi connectivity index (χ2v) is 9.40. The quantitative estimate of drug-likeness (QED) is 0.292. The van der Waals surface area contributed by atoms with Gasteiger partial charge in [0.2, 0.25) is 0 Å². The maximum absolute atomic E-state index is 4.81. The molecule has 0 spiro atoms. The lowest BCUT2D eigenvalue weighted by Crippen LogP contribution is -2.26. The van der Waals surface area contributed by atoms with Crippen molar-refractivity contribution in [2.24, 2.45) is 0 Å². The van der Waals surface area contributed by atoms with Crippen LogP contribution in [0, 0.1) is 0 Å². The zero-order valence-corrected chi connectivity index (χ0v) is 23.0. The summed E-state index contributed by atoms with van der Waals surface area (Å²) in [5, 5.41) is 2.14. The van der Waals surface area contributed by atoms with E-state index in [2.05, 4.69) is 88.8 Å². The number of hydrogen-bond acceptors (Lipinski definition) is 4. The second-order valence-electron chi connectivity index (χ2n) is 8.37. The normalized spacial score (nSPS) is 11.4. The number of pyridine rings is 1. The molecule has 0 radical (unpaired) electrons. The summed E-state index contributed by atoms with van der Waals surface area (Å²) in [6.45, 7) is 21.8. The number of allylic oxidation sites excluding steroid dienone is 4. The molecule has 2 heterocycles. The number of anilines is 1. The Morgan fingerprint density at radius 3 is 2.41 bits per heavy atom. The fourth-order valence-electron chi connectivity index (χ4n) is 3.01. The van der Waals surface area contributed by atoms with E-state index in [1.54, 1.807) is 17.4 Å². The second kappa shape index (κ2) is 16.9. The highest BCUT2D eigenvalue weighted by molar-refractivity contribution is 7.13. The van der Waals surface area contributed by atoms with Gasteiger partial charge in [-0.25, -0.2) is 9.97 Å². The van der Waals surface area contributed by atoms with Crippen LogP contribution >= 0.6 is 11.3 Å². The standard InChI is InChI=1S/C21H27N3S.C6H8.C3H8/c1-4-6-14-24(13-5-2)20-12-9-17(15-22-20)21-23-18-10-7-16(3)8-11-19(18)25-21;1-4-6(3)5-2;1-3-2/h7,9-12,15H,4-6,8,13-14H2,1-3H3;4H,1-2H2,3H3;3H2,1-2H3. The minimum atomic E-state index is 0.995. The van der Waals surface area contributed by atoms with Crippen molar-refractivity contribution < 1.29 is 0 Å². The lowest BCUT2D eigenvalue weighted by Gasteiger charge is -2.23. The van der Waals surface area contributed by atoms with E-state index >= 15 is 0 Å². The zero-order chi connectivity index (χ0) is 25.3. The fraction of sp³-hybridized carbons (Fsp3) is 0.433. The topological polar surface area (TPSA) is 29.0 Å². The Labute approximate surface area is 211 Å². The molecule has 0 atom stereocenters. The van der Waals surface area contributed by atoms with Crippen molar-refractivity contribution in [3.05, 3.63) is 70.4 Å². The molecular weight excluding hydrogens is 434 g/mol. The number of aromatic nitrogens is 2. The van der Waals surface area contributed by atoms with Crippen LogP contribution in [0.3, 0.4) is 0 Å². The largest absolute Gasteiger partial charge is 0.357 e. The van der Waals surface area contributed by atoms with Gasteiger partial charge in [-0.05, 0) is 56.9 Å². The van der Waals surface area contributed by atoms with Crippen LogP contribution < -0.4 is 14.8 Å². The van der Waals surface area contributed by atoms with E-state index in [-0.39, 0.29) is 0 Å². The van der Waals surface area contributed by atoms with Crippen LogP contribution in [0.4, 0.5) is 5.82 Å². The van der Waals surface area contributed by atoms with Gasteiger partial charge in [0.25, 0.3) is 0 Å². The molecule has 1 aliphatic carbocycles. The van der Waals surface area contributed by atoms with Crippen LogP contribution in [0.15, 0.2) is 60.5 Å².